The van der Waals surface area contributed by atoms with Crippen LogP contribution in [-0.4, -0.2) is 48.8 Å². The van der Waals surface area contributed by atoms with Gasteiger partial charge in [-0.15, -0.1) is 6.58 Å². The summed E-state index contributed by atoms with van der Waals surface area (Å²) < 4.78 is 11.7. The molecule has 1 saturated carbocycles. The topological polar surface area (TPSA) is 38.8 Å². The second-order valence-electron chi connectivity index (χ2n) is 6.21. The molecule has 3 rings (SSSR count). The Kier molecular flexibility index (Phi) is 5.47. The monoisotopic (exact) mass is 315 g/mol. The van der Waals surface area contributed by atoms with Crippen LogP contribution in [0.25, 0.3) is 0 Å². The molecule has 0 aromatic heterocycles. The maximum absolute atomic E-state index is 12.6. The summed E-state index contributed by atoms with van der Waals surface area (Å²) in [6.07, 6.45) is 5.14. The van der Waals surface area contributed by atoms with Gasteiger partial charge in [-0.05, 0) is 24.8 Å². The molecular formula is C19H25NO3. The van der Waals surface area contributed by atoms with E-state index in [1.165, 1.54) is 5.56 Å². The number of amides is 1. The Morgan fingerprint density at radius 1 is 1.35 bits per heavy atom. The van der Waals surface area contributed by atoms with Gasteiger partial charge in [0.2, 0.25) is 5.91 Å². The lowest BCUT2D eigenvalue weighted by Gasteiger charge is -2.39. The molecule has 0 unspecified atom stereocenters. The summed E-state index contributed by atoms with van der Waals surface area (Å²) in [5, 5.41) is 0. The number of ether oxygens (including phenoxy) is 2. The van der Waals surface area contributed by atoms with Crippen LogP contribution in [0.1, 0.15) is 24.8 Å². The predicted octanol–water partition coefficient (Wildman–Crippen LogP) is 2.58. The minimum atomic E-state index is 0.0179. The molecule has 1 saturated heterocycles. The lowest BCUT2D eigenvalue weighted by Crippen LogP contribution is -2.53. The zero-order valence-corrected chi connectivity index (χ0v) is 13.5. The van der Waals surface area contributed by atoms with Gasteiger partial charge in [0.25, 0.3) is 0 Å². The van der Waals surface area contributed by atoms with Crippen molar-refractivity contribution >= 4 is 5.91 Å². The molecule has 2 aliphatic rings. The van der Waals surface area contributed by atoms with E-state index >= 15 is 0 Å². The second-order valence-corrected chi connectivity index (χ2v) is 6.21. The third-order valence-corrected chi connectivity index (χ3v) is 4.75. The van der Waals surface area contributed by atoms with Gasteiger partial charge < -0.3 is 14.4 Å². The summed E-state index contributed by atoms with van der Waals surface area (Å²) in [6, 6.07) is 10.3. The molecule has 1 aromatic rings. The van der Waals surface area contributed by atoms with Crippen LogP contribution in [0.2, 0.25) is 0 Å². The molecule has 124 valence electrons. The van der Waals surface area contributed by atoms with E-state index in [9.17, 15) is 4.79 Å². The van der Waals surface area contributed by atoms with Crippen LogP contribution >= 0.6 is 0 Å². The molecule has 1 aromatic carbocycles. The quantitative estimate of drug-likeness (QED) is 0.757. The second kappa shape index (κ2) is 7.75. The Morgan fingerprint density at radius 2 is 2.17 bits per heavy atom. The molecule has 0 radical (unpaired) electrons. The number of rotatable bonds is 6. The fourth-order valence-corrected chi connectivity index (χ4v) is 3.63. The van der Waals surface area contributed by atoms with E-state index in [1.54, 1.807) is 6.08 Å². The molecule has 0 spiro atoms. The van der Waals surface area contributed by atoms with Crippen LogP contribution in [0.3, 0.4) is 0 Å². The van der Waals surface area contributed by atoms with Crippen LogP contribution < -0.4 is 0 Å². The first kappa shape index (κ1) is 16.2. The molecule has 1 aliphatic carbocycles. The molecule has 3 atom stereocenters. The van der Waals surface area contributed by atoms with Gasteiger partial charge >= 0.3 is 0 Å². The Balaban J connectivity index is 1.57. The van der Waals surface area contributed by atoms with Crippen LogP contribution in [0.5, 0.6) is 0 Å². The van der Waals surface area contributed by atoms with E-state index in [-0.39, 0.29) is 24.2 Å². The maximum Gasteiger partial charge on any atom is 0.223 e. The number of carbonyl (C=O) groups is 1. The van der Waals surface area contributed by atoms with Gasteiger partial charge in [0.05, 0.1) is 25.4 Å². The Hall–Kier alpha value is -1.65. The summed E-state index contributed by atoms with van der Waals surface area (Å²) in [7, 11) is 0. The van der Waals surface area contributed by atoms with Gasteiger partial charge in [-0.2, -0.15) is 0 Å². The van der Waals surface area contributed by atoms with Gasteiger partial charge in [-0.25, -0.2) is 0 Å². The predicted molar refractivity (Wildman–Crippen MR) is 89.2 cm³/mol. The molecule has 1 heterocycles. The van der Waals surface area contributed by atoms with E-state index in [0.717, 1.165) is 19.3 Å². The van der Waals surface area contributed by atoms with Crippen LogP contribution in [0.4, 0.5) is 0 Å². The number of fused-ring (bicyclic) bond motifs is 1. The van der Waals surface area contributed by atoms with Crippen molar-refractivity contribution in [2.75, 3.05) is 19.8 Å². The highest BCUT2D eigenvalue weighted by atomic mass is 16.5. The van der Waals surface area contributed by atoms with Crippen molar-refractivity contribution in [3.05, 3.63) is 48.6 Å². The molecule has 0 N–H and O–H groups in total. The van der Waals surface area contributed by atoms with Crippen molar-refractivity contribution in [1.29, 1.82) is 0 Å². The van der Waals surface area contributed by atoms with E-state index in [1.807, 2.05) is 23.1 Å². The van der Waals surface area contributed by atoms with Crippen molar-refractivity contribution in [1.82, 2.24) is 4.90 Å². The molecule has 4 heteroatoms. The lowest BCUT2D eigenvalue weighted by atomic mass is 10.1. The van der Waals surface area contributed by atoms with Crippen LogP contribution in [-0.2, 0) is 20.7 Å². The Labute approximate surface area is 138 Å². The fourth-order valence-electron chi connectivity index (χ4n) is 3.63. The maximum atomic E-state index is 12.6. The normalized spacial score (nSPS) is 26.8. The molecule has 4 nitrogen and oxygen atoms in total. The molecule has 23 heavy (non-hydrogen) atoms. The smallest absolute Gasteiger partial charge is 0.223 e. The molecule has 0 bridgehead atoms. The summed E-state index contributed by atoms with van der Waals surface area (Å²) in [5.74, 6) is 0.233. The SMILES string of the molecule is C=CCO[C@@H]1CC[C@@H]2[C@@H]1OCCN2C(=O)CCc1ccccc1. The third kappa shape index (κ3) is 3.82. The zero-order valence-electron chi connectivity index (χ0n) is 13.5. The number of aryl methyl sites for hydroxylation is 1. The van der Waals surface area contributed by atoms with Gasteiger partial charge in [-0.1, -0.05) is 36.4 Å². The lowest BCUT2D eigenvalue weighted by molar-refractivity contribution is -0.150. The summed E-state index contributed by atoms with van der Waals surface area (Å²) in [6.45, 7) is 5.53. The standard InChI is InChI=1S/C19H25NO3/c1-2-13-22-17-10-9-16-19(17)23-14-12-20(16)18(21)11-8-15-6-4-3-5-7-15/h2-7,16-17,19H,1,8-14H2/t16-,17-,19+/m1/s1. The third-order valence-electron chi connectivity index (χ3n) is 4.75. The van der Waals surface area contributed by atoms with Crippen molar-refractivity contribution in [2.24, 2.45) is 0 Å². The number of nitrogens with zero attached hydrogens (tertiary/aromatic N) is 1. The van der Waals surface area contributed by atoms with Crippen molar-refractivity contribution in [3.63, 3.8) is 0 Å². The van der Waals surface area contributed by atoms with E-state index in [0.29, 0.717) is 26.2 Å². The molecule has 2 fully saturated rings. The zero-order chi connectivity index (χ0) is 16.1. The average Bonchev–Trinajstić information content (AvgIpc) is 3.02. The van der Waals surface area contributed by atoms with Crippen LogP contribution in [0, 0.1) is 0 Å². The molecular weight excluding hydrogens is 290 g/mol. The van der Waals surface area contributed by atoms with Gasteiger partial charge in [0.15, 0.2) is 0 Å². The van der Waals surface area contributed by atoms with E-state index in [2.05, 4.69) is 18.7 Å². The van der Waals surface area contributed by atoms with Gasteiger partial charge in [-0.3, -0.25) is 4.79 Å². The first-order valence-electron chi connectivity index (χ1n) is 8.47. The highest BCUT2D eigenvalue weighted by Crippen LogP contribution is 2.32. The molecule has 1 amide bonds. The summed E-state index contributed by atoms with van der Waals surface area (Å²) >= 11 is 0. The number of benzene rings is 1. The number of carbonyl (C=O) groups excluding carboxylic acids is 1. The van der Waals surface area contributed by atoms with Crippen molar-refractivity contribution in [3.8, 4) is 0 Å². The van der Waals surface area contributed by atoms with E-state index < -0.39 is 0 Å². The highest BCUT2D eigenvalue weighted by Gasteiger charge is 2.44. The minimum absolute atomic E-state index is 0.0179. The Bertz CT molecular complexity index is 531. The number of morpholine rings is 1. The minimum Gasteiger partial charge on any atom is -0.372 e. The summed E-state index contributed by atoms with van der Waals surface area (Å²) in [5.41, 5.74) is 1.21. The first-order valence-corrected chi connectivity index (χ1v) is 8.47. The average molecular weight is 315 g/mol. The van der Waals surface area contributed by atoms with E-state index in [4.69, 9.17) is 9.47 Å². The van der Waals surface area contributed by atoms with Gasteiger partial charge in [0, 0.05) is 13.0 Å². The summed E-state index contributed by atoms with van der Waals surface area (Å²) in [4.78, 5) is 14.7. The number of hydrogen-bond donors (Lipinski definition) is 0. The first-order chi connectivity index (χ1) is 11.3. The van der Waals surface area contributed by atoms with Crippen LogP contribution in [0.15, 0.2) is 43.0 Å². The van der Waals surface area contributed by atoms with Gasteiger partial charge in [0.1, 0.15) is 6.10 Å². The number of hydrogen-bond acceptors (Lipinski definition) is 3. The fraction of sp³-hybridized carbons (Fsp3) is 0.526. The van der Waals surface area contributed by atoms with Crippen molar-refractivity contribution in [2.45, 2.75) is 43.9 Å². The highest BCUT2D eigenvalue weighted by molar-refractivity contribution is 5.77. The molecule has 1 aliphatic heterocycles. The largest absolute Gasteiger partial charge is 0.372 e. The Morgan fingerprint density at radius 3 is 2.96 bits per heavy atom. The van der Waals surface area contributed by atoms with Crippen molar-refractivity contribution < 1.29 is 14.3 Å².